The van der Waals surface area contributed by atoms with E-state index < -0.39 is 0 Å². The van der Waals surface area contributed by atoms with Gasteiger partial charge in [0, 0.05) is 26.0 Å². The number of carbonyl (C=O) groups is 1. The summed E-state index contributed by atoms with van der Waals surface area (Å²) in [4.78, 5) is 13.9. The fraction of sp³-hybridized carbons (Fsp3) is 0.684. The zero-order valence-corrected chi connectivity index (χ0v) is 14.9. The molecule has 0 aliphatic carbocycles. The highest BCUT2D eigenvalue weighted by Gasteiger charge is 2.28. The Bertz CT molecular complexity index is 561. The number of unbranched alkanes of at least 4 members (excludes halogenated alkanes) is 1. The highest BCUT2D eigenvalue weighted by molar-refractivity contribution is 5.76. The predicted octanol–water partition coefficient (Wildman–Crippen LogP) is 2.27. The average molecular weight is 331 g/mol. The van der Waals surface area contributed by atoms with E-state index in [1.807, 2.05) is 0 Å². The summed E-state index contributed by atoms with van der Waals surface area (Å²) in [7, 11) is 1.77. The molecular weight excluding hydrogens is 302 g/mol. The number of nitrogens with one attached hydrogen (secondary N) is 1. The number of terminal acetylenes is 1. The summed E-state index contributed by atoms with van der Waals surface area (Å²) in [5.74, 6) is 4.41. The number of aryl methyl sites for hydroxylation is 1. The van der Waals surface area contributed by atoms with E-state index in [4.69, 9.17) is 10.9 Å². The summed E-state index contributed by atoms with van der Waals surface area (Å²) in [6.07, 6.45) is 11.0. The second-order valence-corrected chi connectivity index (χ2v) is 6.76. The Labute approximate surface area is 145 Å². The molecule has 1 aromatic heterocycles. The fourth-order valence-corrected chi connectivity index (χ4v) is 3.28. The number of hydrogen-bond donors (Lipinski definition) is 1. The first kappa shape index (κ1) is 18.5. The molecule has 1 aromatic rings. The van der Waals surface area contributed by atoms with Gasteiger partial charge in [-0.2, -0.15) is 0 Å². The Morgan fingerprint density at radius 1 is 1.54 bits per heavy atom. The molecule has 0 saturated carbocycles. The molecule has 5 heteroatoms. The smallest absolute Gasteiger partial charge is 0.223 e. The van der Waals surface area contributed by atoms with Crippen molar-refractivity contribution in [2.75, 3.05) is 26.7 Å². The molecule has 0 radical (unpaired) electrons. The lowest BCUT2D eigenvalue weighted by molar-refractivity contribution is -0.131. The molecule has 0 bridgehead atoms. The van der Waals surface area contributed by atoms with E-state index >= 15 is 0 Å². The molecule has 1 saturated heterocycles. The zero-order chi connectivity index (χ0) is 17.4. The van der Waals surface area contributed by atoms with Gasteiger partial charge in [0.1, 0.15) is 5.76 Å². The number of aromatic nitrogens is 1. The molecule has 0 aromatic carbocycles. The van der Waals surface area contributed by atoms with Crippen LogP contribution in [0.5, 0.6) is 0 Å². The molecule has 2 atom stereocenters. The van der Waals surface area contributed by atoms with E-state index in [2.05, 4.69) is 29.4 Å². The van der Waals surface area contributed by atoms with Crippen LogP contribution in [-0.2, 0) is 17.6 Å². The first-order chi connectivity index (χ1) is 11.6. The van der Waals surface area contributed by atoms with E-state index in [0.29, 0.717) is 24.8 Å². The highest BCUT2D eigenvalue weighted by atomic mass is 16.5. The predicted molar refractivity (Wildman–Crippen MR) is 94.4 cm³/mol. The van der Waals surface area contributed by atoms with Crippen molar-refractivity contribution in [2.45, 2.75) is 45.4 Å². The first-order valence-electron chi connectivity index (χ1n) is 8.96. The summed E-state index contributed by atoms with van der Waals surface area (Å²) in [6.45, 7) is 4.43. The van der Waals surface area contributed by atoms with Crippen LogP contribution >= 0.6 is 0 Å². The van der Waals surface area contributed by atoms with Crippen LogP contribution in [0.15, 0.2) is 10.6 Å². The topological polar surface area (TPSA) is 58.4 Å². The van der Waals surface area contributed by atoms with Crippen LogP contribution in [0, 0.1) is 24.2 Å². The minimum atomic E-state index is 0.133. The van der Waals surface area contributed by atoms with Gasteiger partial charge >= 0.3 is 0 Å². The summed E-state index contributed by atoms with van der Waals surface area (Å²) < 4.78 is 5.43. The third-order valence-corrected chi connectivity index (χ3v) is 4.81. The van der Waals surface area contributed by atoms with Gasteiger partial charge in [-0.15, -0.1) is 6.42 Å². The lowest BCUT2D eigenvalue weighted by Gasteiger charge is -2.32. The van der Waals surface area contributed by atoms with Crippen molar-refractivity contribution in [3.8, 4) is 12.3 Å². The largest absolute Gasteiger partial charge is 0.361 e. The monoisotopic (exact) mass is 331 g/mol. The van der Waals surface area contributed by atoms with Gasteiger partial charge in [-0.1, -0.05) is 24.4 Å². The lowest BCUT2D eigenvalue weighted by Crippen LogP contribution is -2.40. The number of nitrogens with zero attached hydrogens (tertiary/aromatic N) is 2. The van der Waals surface area contributed by atoms with Gasteiger partial charge in [0.05, 0.1) is 12.2 Å². The highest BCUT2D eigenvalue weighted by Crippen LogP contribution is 2.27. The molecule has 5 nitrogen and oxygen atoms in total. The molecule has 1 fully saturated rings. The second kappa shape index (κ2) is 9.48. The number of piperidine rings is 1. The normalized spacial score (nSPS) is 20.5. The summed E-state index contributed by atoms with van der Waals surface area (Å²) in [5, 5.41) is 7.65. The van der Waals surface area contributed by atoms with Crippen molar-refractivity contribution >= 4 is 5.91 Å². The molecular formula is C19H29N3O2. The molecule has 2 rings (SSSR count). The van der Waals surface area contributed by atoms with Gasteiger partial charge < -0.3 is 14.7 Å². The van der Waals surface area contributed by atoms with Crippen molar-refractivity contribution in [3.05, 3.63) is 17.5 Å². The fourth-order valence-electron chi connectivity index (χ4n) is 3.28. The number of hydrogen-bond acceptors (Lipinski definition) is 4. The quantitative estimate of drug-likeness (QED) is 0.743. The lowest BCUT2D eigenvalue weighted by atomic mass is 9.81. The SMILES string of the molecule is C#CCN(C)C(=O)C[C@@H]1CCNC[C@@H]1Cc1cc(CCCC)on1. The second-order valence-electron chi connectivity index (χ2n) is 6.76. The van der Waals surface area contributed by atoms with E-state index in [1.165, 1.54) is 0 Å². The Hall–Kier alpha value is -1.80. The van der Waals surface area contributed by atoms with Gasteiger partial charge in [-0.3, -0.25) is 4.79 Å². The summed E-state index contributed by atoms with van der Waals surface area (Å²) in [6, 6.07) is 2.08. The van der Waals surface area contributed by atoms with Crippen LogP contribution in [-0.4, -0.2) is 42.6 Å². The van der Waals surface area contributed by atoms with Crippen molar-refractivity contribution < 1.29 is 9.32 Å². The molecule has 1 aliphatic heterocycles. The van der Waals surface area contributed by atoms with E-state index in [1.54, 1.807) is 11.9 Å². The van der Waals surface area contributed by atoms with Gasteiger partial charge in [0.25, 0.3) is 0 Å². The minimum Gasteiger partial charge on any atom is -0.361 e. The van der Waals surface area contributed by atoms with Crippen LogP contribution in [0.3, 0.4) is 0 Å². The average Bonchev–Trinajstić information content (AvgIpc) is 3.02. The maximum absolute atomic E-state index is 12.3. The molecule has 24 heavy (non-hydrogen) atoms. The molecule has 1 aliphatic rings. The first-order valence-corrected chi connectivity index (χ1v) is 8.96. The van der Waals surface area contributed by atoms with Crippen molar-refractivity contribution in [1.82, 2.24) is 15.4 Å². The molecule has 0 spiro atoms. The van der Waals surface area contributed by atoms with Crippen LogP contribution in [0.1, 0.15) is 44.1 Å². The van der Waals surface area contributed by atoms with Gasteiger partial charge in [-0.25, -0.2) is 0 Å². The maximum atomic E-state index is 12.3. The molecule has 1 N–H and O–H groups in total. The van der Waals surface area contributed by atoms with Crippen molar-refractivity contribution in [2.24, 2.45) is 11.8 Å². The van der Waals surface area contributed by atoms with Crippen LogP contribution in [0.2, 0.25) is 0 Å². The summed E-state index contributed by atoms with van der Waals surface area (Å²) in [5.41, 5.74) is 1.00. The Morgan fingerprint density at radius 2 is 2.38 bits per heavy atom. The third-order valence-electron chi connectivity index (χ3n) is 4.81. The van der Waals surface area contributed by atoms with E-state index in [9.17, 15) is 4.79 Å². The van der Waals surface area contributed by atoms with Crippen LogP contribution < -0.4 is 5.32 Å². The van der Waals surface area contributed by atoms with E-state index in [0.717, 1.165) is 56.6 Å². The number of rotatable bonds is 8. The molecule has 0 unspecified atom stereocenters. The third kappa shape index (κ3) is 5.38. The van der Waals surface area contributed by atoms with Gasteiger partial charge in [0.2, 0.25) is 5.91 Å². The Balaban J connectivity index is 1.92. The molecule has 132 valence electrons. The Morgan fingerprint density at radius 3 is 3.12 bits per heavy atom. The Kier molecular flexibility index (Phi) is 7.33. The van der Waals surface area contributed by atoms with Crippen molar-refractivity contribution in [1.29, 1.82) is 0 Å². The molecule has 1 amide bonds. The van der Waals surface area contributed by atoms with Crippen LogP contribution in [0.4, 0.5) is 0 Å². The van der Waals surface area contributed by atoms with E-state index in [-0.39, 0.29) is 5.91 Å². The number of amides is 1. The zero-order valence-electron chi connectivity index (χ0n) is 14.9. The van der Waals surface area contributed by atoms with Crippen molar-refractivity contribution in [3.63, 3.8) is 0 Å². The minimum absolute atomic E-state index is 0.133. The van der Waals surface area contributed by atoms with Crippen LogP contribution in [0.25, 0.3) is 0 Å². The summed E-state index contributed by atoms with van der Waals surface area (Å²) >= 11 is 0. The van der Waals surface area contributed by atoms with Gasteiger partial charge in [-0.05, 0) is 44.2 Å². The van der Waals surface area contributed by atoms with Gasteiger partial charge in [0.15, 0.2) is 0 Å². The maximum Gasteiger partial charge on any atom is 0.223 e. The number of carbonyl (C=O) groups excluding carboxylic acids is 1. The standard InChI is InChI=1S/C19H29N3O2/c1-4-6-7-18-13-17(21-24-18)11-16-14-20-9-8-15(16)12-19(23)22(3)10-5-2/h2,13,15-16,20H,4,6-12,14H2,1,3H3/t15-,16-/m0/s1. The molecule has 2 heterocycles.